The quantitative estimate of drug-likeness (QED) is 0.755. The first-order chi connectivity index (χ1) is 10.3. The molecule has 0 amide bonds. The zero-order valence-electron chi connectivity index (χ0n) is 12.4. The standard InChI is InChI=1S/C16H20N4O/c1-3-9-20-14(10-18-19-20)16(17-4-2)13-11-21-15-8-6-5-7-12(13)15/h5-8,10-11,16-17H,3-4,9H2,1-2H3. The molecule has 0 fully saturated rings. The Morgan fingerprint density at radius 1 is 1.29 bits per heavy atom. The fourth-order valence-corrected chi connectivity index (χ4v) is 2.67. The number of nitrogens with zero attached hydrogens (tertiary/aromatic N) is 3. The van der Waals surface area contributed by atoms with Crippen molar-refractivity contribution in [3.05, 3.63) is 48.0 Å². The number of furan rings is 1. The predicted molar refractivity (Wildman–Crippen MR) is 82.0 cm³/mol. The lowest BCUT2D eigenvalue weighted by Crippen LogP contribution is -2.24. The number of rotatable bonds is 6. The second kappa shape index (κ2) is 6.10. The third-order valence-electron chi connectivity index (χ3n) is 3.61. The Hall–Kier alpha value is -2.14. The van der Waals surface area contributed by atoms with Crippen LogP contribution in [0, 0.1) is 0 Å². The molecular formula is C16H20N4O. The molecule has 1 unspecified atom stereocenters. The van der Waals surface area contributed by atoms with Gasteiger partial charge in [0.25, 0.3) is 0 Å². The Balaban J connectivity index is 2.07. The first kappa shape index (κ1) is 13.8. The highest BCUT2D eigenvalue weighted by atomic mass is 16.3. The summed E-state index contributed by atoms with van der Waals surface area (Å²) in [6.45, 7) is 5.97. The molecule has 0 aliphatic carbocycles. The predicted octanol–water partition coefficient (Wildman–Crippen LogP) is 3.13. The number of hydrogen-bond acceptors (Lipinski definition) is 4. The first-order valence-electron chi connectivity index (χ1n) is 7.43. The van der Waals surface area contributed by atoms with Crippen LogP contribution in [-0.4, -0.2) is 21.5 Å². The number of aryl methyl sites for hydroxylation is 1. The van der Waals surface area contributed by atoms with Gasteiger partial charge in [0.1, 0.15) is 5.58 Å². The smallest absolute Gasteiger partial charge is 0.134 e. The minimum absolute atomic E-state index is 0.0419. The van der Waals surface area contributed by atoms with Crippen molar-refractivity contribution < 1.29 is 4.42 Å². The number of fused-ring (bicyclic) bond motifs is 1. The van der Waals surface area contributed by atoms with Gasteiger partial charge in [-0.3, -0.25) is 0 Å². The number of nitrogens with one attached hydrogen (secondary N) is 1. The molecule has 2 aromatic heterocycles. The van der Waals surface area contributed by atoms with Gasteiger partial charge in [0.2, 0.25) is 0 Å². The summed E-state index contributed by atoms with van der Waals surface area (Å²) in [5, 5.41) is 12.9. The van der Waals surface area contributed by atoms with E-state index in [1.165, 1.54) is 0 Å². The molecule has 0 spiro atoms. The van der Waals surface area contributed by atoms with Crippen molar-refractivity contribution in [3.63, 3.8) is 0 Å². The van der Waals surface area contributed by atoms with Crippen LogP contribution in [0.2, 0.25) is 0 Å². The Morgan fingerprint density at radius 2 is 2.14 bits per heavy atom. The second-order valence-electron chi connectivity index (χ2n) is 5.06. The van der Waals surface area contributed by atoms with Crippen LogP contribution in [0.4, 0.5) is 0 Å². The molecule has 0 aliphatic heterocycles. The molecule has 5 nitrogen and oxygen atoms in total. The van der Waals surface area contributed by atoms with Crippen LogP contribution in [0.1, 0.15) is 37.6 Å². The minimum Gasteiger partial charge on any atom is -0.464 e. The van der Waals surface area contributed by atoms with Gasteiger partial charge in [-0.25, -0.2) is 4.68 Å². The third kappa shape index (κ3) is 2.56. The Bertz CT molecular complexity index is 716. The SMILES string of the molecule is CCCn1nncc1C(NCC)c1coc2ccccc12. The average molecular weight is 284 g/mol. The summed E-state index contributed by atoms with van der Waals surface area (Å²) in [4.78, 5) is 0. The van der Waals surface area contributed by atoms with Crippen molar-refractivity contribution in [2.24, 2.45) is 0 Å². The molecule has 3 aromatic rings. The maximum atomic E-state index is 5.68. The van der Waals surface area contributed by atoms with Crippen LogP contribution < -0.4 is 5.32 Å². The molecule has 0 saturated carbocycles. The molecule has 1 atom stereocenters. The third-order valence-corrected chi connectivity index (χ3v) is 3.61. The molecule has 0 radical (unpaired) electrons. The van der Waals surface area contributed by atoms with Gasteiger partial charge in [-0.05, 0) is 19.0 Å². The summed E-state index contributed by atoms with van der Waals surface area (Å²) in [6.07, 6.45) is 4.70. The first-order valence-corrected chi connectivity index (χ1v) is 7.43. The van der Waals surface area contributed by atoms with Crippen molar-refractivity contribution in [1.82, 2.24) is 20.3 Å². The number of aromatic nitrogens is 3. The van der Waals surface area contributed by atoms with E-state index in [-0.39, 0.29) is 6.04 Å². The summed E-state index contributed by atoms with van der Waals surface area (Å²) in [7, 11) is 0. The molecule has 21 heavy (non-hydrogen) atoms. The molecule has 1 aromatic carbocycles. The van der Waals surface area contributed by atoms with E-state index in [1.807, 2.05) is 35.3 Å². The zero-order valence-corrected chi connectivity index (χ0v) is 12.4. The van der Waals surface area contributed by atoms with Crippen LogP contribution in [0.3, 0.4) is 0 Å². The van der Waals surface area contributed by atoms with Gasteiger partial charge in [-0.2, -0.15) is 0 Å². The molecule has 3 rings (SSSR count). The highest BCUT2D eigenvalue weighted by Crippen LogP contribution is 2.30. The highest BCUT2D eigenvalue weighted by molar-refractivity contribution is 5.81. The van der Waals surface area contributed by atoms with Crippen LogP contribution >= 0.6 is 0 Å². The number of benzene rings is 1. The number of hydrogen-bond donors (Lipinski definition) is 1. The van der Waals surface area contributed by atoms with Crippen LogP contribution in [-0.2, 0) is 6.54 Å². The molecule has 5 heteroatoms. The maximum absolute atomic E-state index is 5.68. The van der Waals surface area contributed by atoms with Gasteiger partial charge >= 0.3 is 0 Å². The average Bonchev–Trinajstić information content (AvgIpc) is 3.12. The van der Waals surface area contributed by atoms with Crippen molar-refractivity contribution in [2.75, 3.05) is 6.54 Å². The highest BCUT2D eigenvalue weighted by Gasteiger charge is 2.22. The van der Waals surface area contributed by atoms with Crippen molar-refractivity contribution in [3.8, 4) is 0 Å². The maximum Gasteiger partial charge on any atom is 0.134 e. The van der Waals surface area contributed by atoms with Crippen LogP contribution in [0.15, 0.2) is 41.1 Å². The van der Waals surface area contributed by atoms with Gasteiger partial charge in [0.05, 0.1) is 24.2 Å². The topological polar surface area (TPSA) is 55.9 Å². The van der Waals surface area contributed by atoms with E-state index < -0.39 is 0 Å². The van der Waals surface area contributed by atoms with E-state index in [2.05, 4.69) is 35.5 Å². The minimum atomic E-state index is 0.0419. The second-order valence-corrected chi connectivity index (χ2v) is 5.06. The van der Waals surface area contributed by atoms with E-state index in [4.69, 9.17) is 4.42 Å². The van der Waals surface area contributed by atoms with Crippen LogP contribution in [0.25, 0.3) is 11.0 Å². The van der Waals surface area contributed by atoms with Crippen molar-refractivity contribution in [2.45, 2.75) is 32.9 Å². The zero-order chi connectivity index (χ0) is 14.7. The van der Waals surface area contributed by atoms with Crippen molar-refractivity contribution >= 4 is 11.0 Å². The normalized spacial score (nSPS) is 12.9. The van der Waals surface area contributed by atoms with E-state index in [0.29, 0.717) is 0 Å². The molecule has 0 aliphatic rings. The fourth-order valence-electron chi connectivity index (χ4n) is 2.67. The molecule has 0 bridgehead atoms. The van der Waals surface area contributed by atoms with E-state index in [0.717, 1.165) is 41.7 Å². The van der Waals surface area contributed by atoms with E-state index >= 15 is 0 Å². The van der Waals surface area contributed by atoms with Gasteiger partial charge in [0.15, 0.2) is 0 Å². The Labute approximate surface area is 123 Å². The van der Waals surface area contributed by atoms with Gasteiger partial charge < -0.3 is 9.73 Å². The number of para-hydroxylation sites is 1. The lowest BCUT2D eigenvalue weighted by atomic mass is 10.0. The summed E-state index contributed by atoms with van der Waals surface area (Å²) in [6, 6.07) is 8.14. The summed E-state index contributed by atoms with van der Waals surface area (Å²) in [5.41, 5.74) is 3.11. The van der Waals surface area contributed by atoms with E-state index in [9.17, 15) is 0 Å². The molecule has 2 heterocycles. The monoisotopic (exact) mass is 284 g/mol. The van der Waals surface area contributed by atoms with Crippen LogP contribution in [0.5, 0.6) is 0 Å². The summed E-state index contributed by atoms with van der Waals surface area (Å²) in [5.74, 6) is 0. The van der Waals surface area contributed by atoms with Gasteiger partial charge in [-0.15, -0.1) is 5.10 Å². The lowest BCUT2D eigenvalue weighted by Gasteiger charge is -2.17. The van der Waals surface area contributed by atoms with Gasteiger partial charge in [-0.1, -0.05) is 37.3 Å². The molecular weight excluding hydrogens is 264 g/mol. The fraction of sp³-hybridized carbons (Fsp3) is 0.375. The largest absolute Gasteiger partial charge is 0.464 e. The molecule has 1 N–H and O–H groups in total. The Kier molecular flexibility index (Phi) is 4.01. The lowest BCUT2D eigenvalue weighted by molar-refractivity contribution is 0.508. The molecule has 0 saturated heterocycles. The summed E-state index contributed by atoms with van der Waals surface area (Å²) < 4.78 is 7.65. The van der Waals surface area contributed by atoms with Gasteiger partial charge in [0, 0.05) is 17.5 Å². The van der Waals surface area contributed by atoms with Crippen molar-refractivity contribution in [1.29, 1.82) is 0 Å². The van der Waals surface area contributed by atoms with E-state index in [1.54, 1.807) is 0 Å². The summed E-state index contributed by atoms with van der Waals surface area (Å²) >= 11 is 0. The Morgan fingerprint density at radius 3 is 2.95 bits per heavy atom. The molecule has 110 valence electrons.